The van der Waals surface area contributed by atoms with Gasteiger partial charge >= 0.3 is 0 Å². The van der Waals surface area contributed by atoms with Crippen molar-refractivity contribution >= 4 is 17.4 Å². The number of imidazole rings is 1. The van der Waals surface area contributed by atoms with E-state index in [2.05, 4.69) is 15.3 Å². The molecule has 0 spiro atoms. The Labute approximate surface area is 156 Å². The molecule has 6 heteroatoms. The summed E-state index contributed by atoms with van der Waals surface area (Å²) in [5.74, 6) is -0.573. The lowest BCUT2D eigenvalue weighted by Crippen LogP contribution is -2.39. The van der Waals surface area contributed by atoms with Crippen LogP contribution in [0.4, 0.5) is 5.69 Å². The summed E-state index contributed by atoms with van der Waals surface area (Å²) in [7, 11) is 0. The largest absolute Gasteiger partial charge is 0.385 e. The number of para-hydroxylation sites is 1. The van der Waals surface area contributed by atoms with Gasteiger partial charge in [0, 0.05) is 18.0 Å². The van der Waals surface area contributed by atoms with Crippen LogP contribution in [0.15, 0.2) is 78.9 Å². The van der Waals surface area contributed by atoms with Crippen molar-refractivity contribution in [3.8, 4) is 0 Å². The lowest BCUT2D eigenvalue weighted by Gasteiger charge is -2.30. The molecule has 1 aliphatic heterocycles. The molecule has 2 heterocycles. The molecule has 27 heavy (non-hydrogen) atoms. The number of carbonyl (C=O) groups excluding carboxylic acids is 2. The molecule has 6 nitrogen and oxygen atoms in total. The first-order valence-electron chi connectivity index (χ1n) is 8.64. The number of nitrogens with one attached hydrogen (secondary N) is 2. The molecule has 2 N–H and O–H groups in total. The summed E-state index contributed by atoms with van der Waals surface area (Å²) in [6.45, 7) is 0.853. The number of Topliss-reactive ketones (excluding diaryl/α,β-unsaturated/α-hetero) is 1. The summed E-state index contributed by atoms with van der Waals surface area (Å²) in [4.78, 5) is 34.5. The predicted molar refractivity (Wildman–Crippen MR) is 102 cm³/mol. The van der Waals surface area contributed by atoms with Crippen molar-refractivity contribution in [2.75, 3.05) is 4.90 Å². The second-order valence-corrected chi connectivity index (χ2v) is 6.24. The fourth-order valence-corrected chi connectivity index (χ4v) is 3.09. The van der Waals surface area contributed by atoms with Crippen LogP contribution in [0, 0.1) is 0 Å². The minimum absolute atomic E-state index is 0.129. The first-order valence-corrected chi connectivity index (χ1v) is 8.64. The van der Waals surface area contributed by atoms with Crippen molar-refractivity contribution in [3.05, 3.63) is 95.7 Å². The molecule has 0 unspecified atom stereocenters. The molecule has 1 amide bonds. The number of fused-ring (bicyclic) bond motifs is 1. The van der Waals surface area contributed by atoms with Crippen molar-refractivity contribution in [2.45, 2.75) is 13.1 Å². The highest BCUT2D eigenvalue weighted by Gasteiger charge is 2.34. The fourth-order valence-electron chi connectivity index (χ4n) is 3.09. The standard InChI is InChI=1S/C21H18N4O2/c26-20-17-8-4-5-9-19(17)25(13-15-6-2-1-3-7-15)21(27)18(20)12-22-10-16-11-23-14-24-16/h1-9,11-12,14,22H,10,13H2,(H,23,24)/b18-12+. The van der Waals surface area contributed by atoms with Gasteiger partial charge in [-0.05, 0) is 17.7 Å². The van der Waals surface area contributed by atoms with E-state index in [1.165, 1.54) is 6.20 Å². The van der Waals surface area contributed by atoms with Crippen molar-refractivity contribution in [1.29, 1.82) is 0 Å². The van der Waals surface area contributed by atoms with E-state index >= 15 is 0 Å². The highest BCUT2D eigenvalue weighted by molar-refractivity contribution is 6.34. The highest BCUT2D eigenvalue weighted by Crippen LogP contribution is 2.31. The van der Waals surface area contributed by atoms with E-state index in [1.54, 1.807) is 23.5 Å². The minimum atomic E-state index is -0.306. The van der Waals surface area contributed by atoms with Crippen LogP contribution < -0.4 is 10.2 Å². The van der Waals surface area contributed by atoms with Gasteiger partial charge in [-0.15, -0.1) is 0 Å². The summed E-state index contributed by atoms with van der Waals surface area (Å²) in [6.07, 6.45) is 4.77. The van der Waals surface area contributed by atoms with E-state index in [4.69, 9.17) is 0 Å². The molecule has 0 saturated heterocycles. The van der Waals surface area contributed by atoms with Crippen LogP contribution >= 0.6 is 0 Å². The Hall–Kier alpha value is -3.67. The number of anilines is 1. The molecule has 0 fully saturated rings. The van der Waals surface area contributed by atoms with Crippen molar-refractivity contribution < 1.29 is 9.59 Å². The smallest absolute Gasteiger partial charge is 0.264 e. The number of aromatic nitrogens is 2. The van der Waals surface area contributed by atoms with Gasteiger partial charge in [0.1, 0.15) is 5.57 Å². The molecular weight excluding hydrogens is 340 g/mol. The Morgan fingerprint density at radius 2 is 1.81 bits per heavy atom. The number of nitrogens with zero attached hydrogens (tertiary/aromatic N) is 2. The molecule has 2 aromatic carbocycles. The number of benzene rings is 2. The van der Waals surface area contributed by atoms with Crippen LogP contribution in [-0.4, -0.2) is 21.7 Å². The third kappa shape index (κ3) is 3.37. The summed E-state index contributed by atoms with van der Waals surface area (Å²) < 4.78 is 0. The molecule has 1 aromatic heterocycles. The summed E-state index contributed by atoms with van der Waals surface area (Å²) in [5, 5.41) is 3.03. The average Bonchev–Trinajstić information content (AvgIpc) is 3.22. The summed E-state index contributed by atoms with van der Waals surface area (Å²) in [6, 6.07) is 16.9. The van der Waals surface area contributed by atoms with E-state index in [9.17, 15) is 9.59 Å². The third-order valence-electron chi connectivity index (χ3n) is 4.44. The van der Waals surface area contributed by atoms with Crippen LogP contribution in [0.3, 0.4) is 0 Å². The SMILES string of the molecule is O=C1/C(=C\NCc2cnc[nH]2)C(=O)N(Cc2ccccc2)c2ccccc21. The van der Waals surface area contributed by atoms with Gasteiger partial charge in [-0.25, -0.2) is 4.98 Å². The number of ketones is 1. The number of carbonyl (C=O) groups is 2. The molecule has 3 aromatic rings. The second kappa shape index (κ2) is 7.29. The van der Waals surface area contributed by atoms with Gasteiger partial charge in [0.15, 0.2) is 0 Å². The number of hydrogen-bond donors (Lipinski definition) is 2. The number of H-pyrrole nitrogens is 1. The zero-order valence-electron chi connectivity index (χ0n) is 14.6. The Morgan fingerprint density at radius 1 is 1.04 bits per heavy atom. The van der Waals surface area contributed by atoms with E-state index in [0.29, 0.717) is 24.3 Å². The molecule has 0 radical (unpaired) electrons. The Morgan fingerprint density at radius 3 is 2.59 bits per heavy atom. The van der Waals surface area contributed by atoms with Crippen LogP contribution in [0.2, 0.25) is 0 Å². The Bertz CT molecular complexity index is 994. The van der Waals surface area contributed by atoms with Crippen molar-refractivity contribution in [3.63, 3.8) is 0 Å². The number of aromatic amines is 1. The Balaban J connectivity index is 1.65. The Kier molecular flexibility index (Phi) is 4.53. The molecular formula is C21H18N4O2. The first-order chi connectivity index (χ1) is 13.2. The van der Waals surface area contributed by atoms with Crippen molar-refractivity contribution in [1.82, 2.24) is 15.3 Å². The van der Waals surface area contributed by atoms with Gasteiger partial charge in [-0.2, -0.15) is 0 Å². The molecule has 1 aliphatic rings. The molecule has 134 valence electrons. The van der Waals surface area contributed by atoms with E-state index in [0.717, 1.165) is 11.3 Å². The van der Waals surface area contributed by atoms with Gasteiger partial charge in [0.25, 0.3) is 5.91 Å². The number of rotatable bonds is 5. The van der Waals surface area contributed by atoms with Gasteiger partial charge in [0.2, 0.25) is 5.78 Å². The quantitative estimate of drug-likeness (QED) is 0.543. The zero-order valence-corrected chi connectivity index (χ0v) is 14.6. The highest BCUT2D eigenvalue weighted by atomic mass is 16.2. The monoisotopic (exact) mass is 358 g/mol. The lowest BCUT2D eigenvalue weighted by atomic mass is 9.95. The topological polar surface area (TPSA) is 78.1 Å². The normalized spacial score (nSPS) is 15.1. The van der Waals surface area contributed by atoms with Gasteiger partial charge in [-0.1, -0.05) is 42.5 Å². The minimum Gasteiger partial charge on any atom is -0.385 e. The van der Waals surface area contributed by atoms with E-state index < -0.39 is 0 Å². The maximum absolute atomic E-state index is 13.1. The molecule has 0 bridgehead atoms. The maximum Gasteiger partial charge on any atom is 0.264 e. The van der Waals surface area contributed by atoms with Crippen LogP contribution in [0.25, 0.3) is 0 Å². The van der Waals surface area contributed by atoms with Gasteiger partial charge in [-0.3, -0.25) is 9.59 Å². The van der Waals surface area contributed by atoms with Gasteiger partial charge in [0.05, 0.1) is 30.8 Å². The van der Waals surface area contributed by atoms with Crippen LogP contribution in [-0.2, 0) is 17.9 Å². The molecule has 4 rings (SSSR count). The molecule has 0 atom stereocenters. The van der Waals surface area contributed by atoms with E-state index in [1.807, 2.05) is 48.5 Å². The maximum atomic E-state index is 13.1. The third-order valence-corrected chi connectivity index (χ3v) is 4.44. The average molecular weight is 358 g/mol. The fraction of sp³-hybridized carbons (Fsp3) is 0.0952. The van der Waals surface area contributed by atoms with Crippen LogP contribution in [0.1, 0.15) is 21.6 Å². The number of amides is 1. The van der Waals surface area contributed by atoms with Crippen LogP contribution in [0.5, 0.6) is 0 Å². The summed E-state index contributed by atoms with van der Waals surface area (Å²) in [5.41, 5.74) is 3.16. The molecule has 0 aliphatic carbocycles. The number of hydrogen-bond acceptors (Lipinski definition) is 4. The summed E-state index contributed by atoms with van der Waals surface area (Å²) >= 11 is 0. The second-order valence-electron chi connectivity index (χ2n) is 6.24. The van der Waals surface area contributed by atoms with Crippen molar-refractivity contribution in [2.24, 2.45) is 0 Å². The van der Waals surface area contributed by atoms with Gasteiger partial charge < -0.3 is 15.2 Å². The lowest BCUT2D eigenvalue weighted by molar-refractivity contribution is -0.115. The predicted octanol–water partition coefficient (Wildman–Crippen LogP) is 2.81. The first kappa shape index (κ1) is 16.8. The zero-order chi connectivity index (χ0) is 18.6. The van der Waals surface area contributed by atoms with E-state index in [-0.39, 0.29) is 17.3 Å². The molecule has 0 saturated carbocycles.